The molecule has 4 heteroatoms. The van der Waals surface area contributed by atoms with E-state index in [4.69, 9.17) is 0 Å². The number of hydroxylamine groups is 3. The summed E-state index contributed by atoms with van der Waals surface area (Å²) in [5, 5.41) is 21.7. The lowest BCUT2D eigenvalue weighted by Gasteiger charge is -2.24. The molecule has 0 radical (unpaired) electrons. The SMILES string of the molecule is CCC1=[N+](O)C(c2ccccc2)N(O)C1(C)C. The third-order valence-corrected chi connectivity index (χ3v) is 3.45. The summed E-state index contributed by atoms with van der Waals surface area (Å²) in [6.07, 6.45) is 0.172. The highest BCUT2D eigenvalue weighted by atomic mass is 16.5. The molecule has 2 N–H and O–H groups in total. The highest BCUT2D eigenvalue weighted by Crippen LogP contribution is 2.34. The lowest BCUT2D eigenvalue weighted by Crippen LogP contribution is -2.43. The summed E-state index contributed by atoms with van der Waals surface area (Å²) in [4.78, 5) is 0. The average Bonchev–Trinajstić information content (AvgIpc) is 2.47. The predicted octanol–water partition coefficient (Wildman–Crippen LogP) is 2.42. The van der Waals surface area contributed by atoms with Crippen LogP contribution in [-0.2, 0) is 0 Å². The Kier molecular flexibility index (Phi) is 2.93. The van der Waals surface area contributed by atoms with Crippen molar-refractivity contribution in [3.05, 3.63) is 35.9 Å². The van der Waals surface area contributed by atoms with E-state index >= 15 is 0 Å². The second kappa shape index (κ2) is 4.13. The molecular weight excluding hydrogens is 216 g/mol. The van der Waals surface area contributed by atoms with Gasteiger partial charge in [-0.3, -0.25) is 5.21 Å². The van der Waals surface area contributed by atoms with E-state index in [0.29, 0.717) is 6.42 Å². The van der Waals surface area contributed by atoms with Crippen LogP contribution in [0.2, 0.25) is 0 Å². The molecule has 0 amide bonds. The van der Waals surface area contributed by atoms with Crippen LogP contribution in [0.25, 0.3) is 0 Å². The topological polar surface area (TPSA) is 46.7 Å². The Morgan fingerprint density at radius 3 is 2.35 bits per heavy atom. The van der Waals surface area contributed by atoms with Crippen molar-refractivity contribution in [1.82, 2.24) is 5.06 Å². The Morgan fingerprint density at radius 2 is 1.88 bits per heavy atom. The lowest BCUT2D eigenvalue weighted by molar-refractivity contribution is -0.817. The Hall–Kier alpha value is -1.39. The molecule has 0 fully saturated rings. The summed E-state index contributed by atoms with van der Waals surface area (Å²) in [6, 6.07) is 9.50. The maximum atomic E-state index is 10.3. The molecule has 0 aromatic heterocycles. The highest BCUT2D eigenvalue weighted by molar-refractivity contribution is 5.89. The van der Waals surface area contributed by atoms with Gasteiger partial charge in [0, 0.05) is 12.0 Å². The number of hydrogen-bond acceptors (Lipinski definition) is 3. The maximum Gasteiger partial charge on any atom is 0.305 e. The number of benzene rings is 1. The molecule has 0 bridgehead atoms. The Bertz CT molecular complexity index is 440. The first-order chi connectivity index (χ1) is 8.00. The first-order valence-electron chi connectivity index (χ1n) is 5.87. The summed E-state index contributed by atoms with van der Waals surface area (Å²) < 4.78 is 1.18. The minimum Gasteiger partial charge on any atom is -0.307 e. The van der Waals surface area contributed by atoms with Crippen molar-refractivity contribution in [2.75, 3.05) is 0 Å². The van der Waals surface area contributed by atoms with Crippen molar-refractivity contribution in [2.24, 2.45) is 0 Å². The highest BCUT2D eigenvalue weighted by Gasteiger charge is 2.54. The van der Waals surface area contributed by atoms with E-state index in [1.54, 1.807) is 0 Å². The first kappa shape index (κ1) is 12.1. The van der Waals surface area contributed by atoms with E-state index < -0.39 is 11.7 Å². The van der Waals surface area contributed by atoms with Crippen molar-refractivity contribution < 1.29 is 15.2 Å². The van der Waals surface area contributed by atoms with Crippen molar-refractivity contribution in [3.63, 3.8) is 0 Å². The largest absolute Gasteiger partial charge is 0.307 e. The summed E-state index contributed by atoms with van der Waals surface area (Å²) in [5.74, 6) is 0. The second-order valence-electron chi connectivity index (χ2n) is 4.83. The molecule has 1 unspecified atom stereocenters. The molecule has 1 aliphatic rings. The standard InChI is InChI=1S/C13H19N2O2/c1-4-11-13(2,3)15(17)12(14(11)16)10-8-6-5-7-9-10/h5-9,12,16-17H,4H2,1-3H3/q+1. The van der Waals surface area contributed by atoms with Gasteiger partial charge < -0.3 is 5.21 Å². The minimum absolute atomic E-state index is 0.527. The van der Waals surface area contributed by atoms with Gasteiger partial charge in [0.25, 0.3) is 0 Å². The molecule has 92 valence electrons. The Labute approximate surface area is 101 Å². The van der Waals surface area contributed by atoms with E-state index in [-0.39, 0.29) is 0 Å². The van der Waals surface area contributed by atoms with Gasteiger partial charge in [-0.25, -0.2) is 0 Å². The van der Waals surface area contributed by atoms with E-state index in [0.717, 1.165) is 11.3 Å². The van der Waals surface area contributed by atoms with Crippen LogP contribution in [0.5, 0.6) is 0 Å². The maximum absolute atomic E-state index is 10.3. The summed E-state index contributed by atoms with van der Waals surface area (Å²) >= 11 is 0. The molecule has 1 aromatic rings. The zero-order valence-corrected chi connectivity index (χ0v) is 10.5. The molecule has 1 aromatic carbocycles. The Balaban J connectivity index is 2.48. The summed E-state index contributed by atoms with van der Waals surface area (Å²) in [6.45, 7) is 5.78. The lowest BCUT2D eigenvalue weighted by atomic mass is 9.97. The monoisotopic (exact) mass is 235 g/mol. The van der Waals surface area contributed by atoms with Gasteiger partial charge in [0.05, 0.1) is 0 Å². The molecule has 17 heavy (non-hydrogen) atoms. The number of hydrogen-bond donors (Lipinski definition) is 2. The molecule has 4 nitrogen and oxygen atoms in total. The van der Waals surface area contributed by atoms with Gasteiger partial charge in [0.15, 0.2) is 0 Å². The molecule has 0 saturated carbocycles. The zero-order valence-electron chi connectivity index (χ0n) is 10.5. The predicted molar refractivity (Wildman–Crippen MR) is 64.2 cm³/mol. The van der Waals surface area contributed by atoms with Crippen LogP contribution in [0.3, 0.4) is 0 Å². The molecule has 1 aliphatic heterocycles. The first-order valence-corrected chi connectivity index (χ1v) is 5.87. The average molecular weight is 235 g/mol. The van der Waals surface area contributed by atoms with E-state index in [9.17, 15) is 10.4 Å². The summed E-state index contributed by atoms with van der Waals surface area (Å²) in [7, 11) is 0. The number of nitrogens with zero attached hydrogens (tertiary/aromatic N) is 2. The molecule has 0 spiro atoms. The smallest absolute Gasteiger partial charge is 0.305 e. The molecule has 0 aliphatic carbocycles. The fourth-order valence-corrected chi connectivity index (χ4v) is 2.47. The van der Waals surface area contributed by atoms with Crippen molar-refractivity contribution >= 4 is 5.71 Å². The second-order valence-corrected chi connectivity index (χ2v) is 4.83. The van der Waals surface area contributed by atoms with Crippen LogP contribution in [0, 0.1) is 0 Å². The fraction of sp³-hybridized carbons (Fsp3) is 0.462. The van der Waals surface area contributed by atoms with Crippen LogP contribution >= 0.6 is 0 Å². The van der Waals surface area contributed by atoms with Gasteiger partial charge in [-0.15, -0.1) is 5.06 Å². The Morgan fingerprint density at radius 1 is 1.29 bits per heavy atom. The summed E-state index contributed by atoms with van der Waals surface area (Å²) in [5.41, 5.74) is 1.13. The van der Waals surface area contributed by atoms with Gasteiger partial charge in [0.2, 0.25) is 5.71 Å². The quantitative estimate of drug-likeness (QED) is 0.611. The van der Waals surface area contributed by atoms with E-state index in [1.807, 2.05) is 51.1 Å². The van der Waals surface area contributed by atoms with E-state index in [2.05, 4.69) is 0 Å². The van der Waals surface area contributed by atoms with Crippen LogP contribution in [0.15, 0.2) is 30.3 Å². The van der Waals surface area contributed by atoms with Crippen LogP contribution in [0.4, 0.5) is 0 Å². The van der Waals surface area contributed by atoms with Crippen molar-refractivity contribution in [2.45, 2.75) is 38.9 Å². The molecule has 2 rings (SSSR count). The van der Waals surface area contributed by atoms with E-state index in [1.165, 1.54) is 9.80 Å². The third kappa shape index (κ3) is 1.73. The van der Waals surface area contributed by atoms with Gasteiger partial charge in [0.1, 0.15) is 5.54 Å². The zero-order chi connectivity index (χ0) is 12.6. The fourth-order valence-electron chi connectivity index (χ4n) is 2.47. The van der Waals surface area contributed by atoms with Crippen LogP contribution in [0.1, 0.15) is 38.9 Å². The third-order valence-electron chi connectivity index (χ3n) is 3.45. The molecule has 0 saturated heterocycles. The van der Waals surface area contributed by atoms with Crippen molar-refractivity contribution in [3.8, 4) is 0 Å². The van der Waals surface area contributed by atoms with Crippen LogP contribution < -0.4 is 0 Å². The van der Waals surface area contributed by atoms with Gasteiger partial charge in [-0.2, -0.15) is 0 Å². The number of rotatable bonds is 2. The molecule has 1 atom stereocenters. The van der Waals surface area contributed by atoms with Crippen LogP contribution in [-0.4, -0.2) is 31.5 Å². The van der Waals surface area contributed by atoms with Gasteiger partial charge >= 0.3 is 6.17 Å². The van der Waals surface area contributed by atoms with Gasteiger partial charge in [-0.05, 0) is 18.6 Å². The van der Waals surface area contributed by atoms with Gasteiger partial charge in [-0.1, -0.05) is 37.3 Å². The molecule has 1 heterocycles. The van der Waals surface area contributed by atoms with Crippen molar-refractivity contribution in [1.29, 1.82) is 0 Å². The normalized spacial score (nSPS) is 24.4. The molecular formula is C13H19N2O2+. The minimum atomic E-state index is -0.552.